The molecule has 0 atom stereocenters. The number of carbonyl (C=O) groups is 3. The summed E-state index contributed by atoms with van der Waals surface area (Å²) in [5.41, 5.74) is 2.16. The van der Waals surface area contributed by atoms with Gasteiger partial charge < -0.3 is 39.2 Å². The Morgan fingerprint density at radius 1 is 1.02 bits per heavy atom. The molecule has 54 heavy (non-hydrogen) atoms. The van der Waals surface area contributed by atoms with Crippen LogP contribution in [0.1, 0.15) is 25.5 Å². The maximum atomic E-state index is 13.4. The Labute approximate surface area is 301 Å². The molecule has 0 fully saturated rings. The van der Waals surface area contributed by atoms with Gasteiger partial charge in [0.25, 0.3) is 10.1 Å². The number of ether oxygens (including phenoxy) is 3. The van der Waals surface area contributed by atoms with Gasteiger partial charge in [0.2, 0.25) is 47.2 Å². The molecular formula is C31H40F5FmN6O10S-. The Hall–Kier alpha value is -5.77. The quantitative estimate of drug-likeness (QED) is 0.0135. The molecule has 0 aliphatic heterocycles. The molecule has 3 aromatic rings. The van der Waals surface area contributed by atoms with Gasteiger partial charge in [-0.2, -0.15) is 17.2 Å². The predicted octanol–water partition coefficient (Wildman–Crippen LogP) is 1.87. The number of aromatic nitrogens is 2. The fourth-order valence-electron chi connectivity index (χ4n) is 3.93. The van der Waals surface area contributed by atoms with Gasteiger partial charge in [0.15, 0.2) is 0 Å². The van der Waals surface area contributed by atoms with Crippen molar-refractivity contribution in [2.45, 2.75) is 32.9 Å². The number of nitrogens with one attached hydrogen (secondary N) is 2. The molecule has 308 valence electrons. The molecule has 3 rings (SSSR count). The van der Waals surface area contributed by atoms with Gasteiger partial charge in [-0.1, -0.05) is 6.92 Å². The van der Waals surface area contributed by atoms with Crippen molar-refractivity contribution in [3.05, 3.63) is 59.2 Å². The first kappa shape index (κ1) is 48.2. The van der Waals surface area contributed by atoms with Crippen LogP contribution in [0.25, 0.3) is 11.0 Å². The number of amides is 3. The maximum absolute atomic E-state index is 13.4. The number of rotatable bonds is 19. The standard InChI is InChI=1S/C16H17F5N2O6.C14H19N4O.CH4O3S.Fm/c17-11-12(18)14(20)16(15(21)13(11)19)29-10(26)1-3-27-5-6-28-4-2-23-9(25)7-22-8-24;1-4-8-18-13(10-16(2)17(3)11-19)9-12-6-5-7-15-14(12)18;1-5(2,3)4;/h8H,1-7H2,(H,22,24)(H,23,25);5-7,9H,4,8,10H2,1-3H3;1H3,(H,2,3,4);/q;-1;;. The summed E-state index contributed by atoms with van der Waals surface area (Å²) in [6.07, 6.45) is 5.30. The van der Waals surface area contributed by atoms with E-state index in [-0.39, 0.29) is 39.5 Å². The van der Waals surface area contributed by atoms with Crippen molar-refractivity contribution in [3.8, 4) is 5.75 Å². The predicted molar refractivity (Wildman–Crippen MR) is 178 cm³/mol. The van der Waals surface area contributed by atoms with E-state index >= 15 is 0 Å². The molecule has 0 radical (unpaired) electrons. The fourth-order valence-corrected chi connectivity index (χ4v) is 3.93. The molecule has 0 bridgehead atoms. The Kier molecular flexibility index (Phi) is 21.9. The van der Waals surface area contributed by atoms with Crippen molar-refractivity contribution in [3.63, 3.8) is 0 Å². The molecular weight excluding hydrogens is 1000 g/mol. The van der Waals surface area contributed by atoms with Crippen molar-refractivity contribution < 1.29 is 68.3 Å². The Morgan fingerprint density at radius 2 is 1.59 bits per heavy atom. The van der Waals surface area contributed by atoms with Crippen LogP contribution in [0.15, 0.2) is 24.4 Å². The number of halogens is 5. The van der Waals surface area contributed by atoms with Gasteiger partial charge in [0, 0.05) is 37.4 Å². The number of fused-ring (bicyclic) bond motifs is 1. The monoisotopic (exact) mass is 1040 g/mol. The molecule has 2 heterocycles. The summed E-state index contributed by atoms with van der Waals surface area (Å²) < 4.78 is 108. The maximum Gasteiger partial charge on any atom is 0.313 e. The molecule has 16 nitrogen and oxygen atoms in total. The molecule has 0 saturated heterocycles. The molecule has 3 amide bonds. The van der Waals surface area contributed by atoms with Crippen LogP contribution in [0, 0.1) is 29.1 Å². The zero-order valence-electron chi connectivity index (χ0n) is 29.5. The minimum absolute atomic E-state index is 0. The smallest absolute Gasteiger partial charge is 0.313 e. The number of hydrogen-bond donors (Lipinski definition) is 3. The van der Waals surface area contributed by atoms with E-state index in [0.29, 0.717) is 19.2 Å². The van der Waals surface area contributed by atoms with Crippen molar-refractivity contribution in [2.75, 3.05) is 59.9 Å². The van der Waals surface area contributed by atoms with Crippen molar-refractivity contribution in [1.82, 2.24) is 30.2 Å². The van der Waals surface area contributed by atoms with Crippen LogP contribution in [0.3, 0.4) is 0 Å². The minimum Gasteiger partial charge on any atom is -0.518 e. The molecule has 2 aromatic heterocycles. The number of hydrazine groups is 1. The number of carbonyl (C=O) groups excluding carboxylic acids is 4. The molecule has 0 unspecified atom stereocenters. The second kappa shape index (κ2) is 24.5. The molecule has 23 heteroatoms. The largest absolute Gasteiger partial charge is 0.518 e. The number of pyridine rings is 1. The summed E-state index contributed by atoms with van der Waals surface area (Å²) >= 11 is 0. The fraction of sp³-hybridized carbons (Fsp3) is 0.452. The third kappa shape index (κ3) is 17.2. The summed E-state index contributed by atoms with van der Waals surface area (Å²) in [6.45, 7) is 3.77. The molecule has 0 saturated carbocycles. The van der Waals surface area contributed by atoms with E-state index in [4.69, 9.17) is 14.0 Å². The van der Waals surface area contributed by atoms with Gasteiger partial charge in [0.05, 0.1) is 52.2 Å². The first-order valence-corrected chi connectivity index (χ1v) is 17.3. The van der Waals surface area contributed by atoms with Crippen LogP contribution >= 0.6 is 0 Å². The van der Waals surface area contributed by atoms with Gasteiger partial charge in [-0.25, -0.2) is 23.2 Å². The van der Waals surface area contributed by atoms with Gasteiger partial charge >= 0.3 is 5.97 Å². The zero-order valence-corrected chi connectivity index (χ0v) is 32.7. The second-order valence-electron chi connectivity index (χ2n) is 10.6. The minimum atomic E-state index is -3.67. The van der Waals surface area contributed by atoms with E-state index in [2.05, 4.69) is 44.0 Å². The van der Waals surface area contributed by atoms with E-state index < -0.39 is 63.3 Å². The third-order valence-electron chi connectivity index (χ3n) is 6.35. The van der Waals surface area contributed by atoms with E-state index in [1.54, 1.807) is 7.05 Å². The van der Waals surface area contributed by atoms with E-state index in [9.17, 15) is 49.5 Å². The molecule has 3 N–H and O–H groups in total. The van der Waals surface area contributed by atoms with Crippen LogP contribution in [0.5, 0.6) is 5.75 Å². The number of aryl methyl sites for hydroxylation is 1. The van der Waals surface area contributed by atoms with E-state index in [1.165, 1.54) is 5.01 Å². The Morgan fingerprint density at radius 3 is 2.15 bits per heavy atom. The number of esters is 1. The Balaban J connectivity index is 0.000000961. The Bertz CT molecular complexity index is 1740. The summed E-state index contributed by atoms with van der Waals surface area (Å²) in [5, 5.41) is 9.01. The van der Waals surface area contributed by atoms with Crippen molar-refractivity contribution >= 4 is 45.8 Å². The summed E-state index contributed by atoms with van der Waals surface area (Å²) in [7, 11) is -0.107. The first-order chi connectivity index (χ1) is 25.0. The van der Waals surface area contributed by atoms with Crippen molar-refractivity contribution in [2.24, 2.45) is 0 Å². The molecule has 0 aliphatic rings. The van der Waals surface area contributed by atoms with Crippen molar-refractivity contribution in [1.29, 1.82) is 0 Å². The van der Waals surface area contributed by atoms with Gasteiger partial charge in [-0.05, 0) is 31.7 Å². The van der Waals surface area contributed by atoms with Gasteiger partial charge in [0.1, 0.15) is 5.65 Å². The molecule has 0 aliphatic carbocycles. The first-order valence-electron chi connectivity index (χ1n) is 15.5. The van der Waals surface area contributed by atoms with Crippen LogP contribution in [-0.4, -0.2) is 117 Å². The number of hydrogen-bond acceptors (Lipinski definition) is 11. The number of benzene rings is 1. The summed E-state index contributed by atoms with van der Waals surface area (Å²) in [6, 6.07) is 6.14. The summed E-state index contributed by atoms with van der Waals surface area (Å²) in [5.74, 6) is -14.7. The third-order valence-corrected chi connectivity index (χ3v) is 6.35. The zero-order chi connectivity index (χ0) is 40.1. The van der Waals surface area contributed by atoms with Gasteiger partial charge in [-0.3, -0.25) is 18.9 Å². The van der Waals surface area contributed by atoms with E-state index in [0.717, 1.165) is 29.7 Å². The molecule has 0 spiro atoms. The van der Waals surface area contributed by atoms with Gasteiger partial charge in [-0.15, -0.1) is 6.41 Å². The average molecular weight is 1040 g/mol. The van der Waals surface area contributed by atoms with Crippen LogP contribution in [0.2, 0.25) is 0 Å². The van der Waals surface area contributed by atoms with Crippen LogP contribution < -0.4 is 15.4 Å². The normalized spacial score (nSPS) is 10.6. The molecule has 1 aromatic carbocycles. The van der Waals surface area contributed by atoms with Crippen LogP contribution in [-0.2, 0) is 51.9 Å². The SMILES string of the molecule is CCCn1c(CN(C)N(C)[C-]=O)cc2cccnc21.CS(=O)(=O)O.O=CNCC(=O)NCCOCCOCCC(=O)Oc1c(F)c(F)c(F)c(F)c1F.[Fm]. The van der Waals surface area contributed by atoms with E-state index in [1.807, 2.05) is 30.7 Å². The summed E-state index contributed by atoms with van der Waals surface area (Å²) in [4.78, 5) is 47.7. The topological polar surface area (TPSA) is 199 Å². The second-order valence-corrected chi connectivity index (χ2v) is 12.0. The number of nitrogens with zero attached hydrogens (tertiary/aromatic N) is 4. The average Bonchev–Trinajstić information content (AvgIpc) is 3.45. The van der Waals surface area contributed by atoms with Crippen LogP contribution in [0.4, 0.5) is 22.0 Å².